The fourth-order valence-corrected chi connectivity index (χ4v) is 3.38. The molecule has 0 aliphatic carbocycles. The largest absolute Gasteiger partial charge is 0.333 e. The maximum Gasteiger partial charge on any atom is 0.245 e. The number of anilines is 1. The summed E-state index contributed by atoms with van der Waals surface area (Å²) in [5.74, 6) is 0.603. The highest BCUT2D eigenvalue weighted by Crippen LogP contribution is 2.28. The number of amides is 2. The highest BCUT2D eigenvalue weighted by molar-refractivity contribution is 5.94. The maximum atomic E-state index is 12.9. The second kappa shape index (κ2) is 12.3. The number of hydrogen-bond acceptors (Lipinski definition) is 3. The standard InChI is InChI=1S/C25H46N4O2/c1-9-11-13-14-15-16-23(31)28(17-12-10-2)19-22(30)26-21-18-20(24(3,4)5)27-29(21)25(6,7)8/h18H,9-17,19H2,1-8H3,(H,26,30). The van der Waals surface area contributed by atoms with E-state index in [0.717, 1.165) is 31.4 Å². The Balaban J connectivity index is 2.85. The molecule has 6 heteroatoms. The number of nitrogens with one attached hydrogen (secondary N) is 1. The van der Waals surface area contributed by atoms with Crippen LogP contribution in [-0.2, 0) is 20.5 Å². The predicted octanol–water partition coefficient (Wildman–Crippen LogP) is 5.86. The fourth-order valence-electron chi connectivity index (χ4n) is 3.38. The van der Waals surface area contributed by atoms with Crippen molar-refractivity contribution in [2.45, 2.75) is 118 Å². The van der Waals surface area contributed by atoms with E-state index < -0.39 is 0 Å². The van der Waals surface area contributed by atoms with E-state index in [2.05, 4.69) is 60.7 Å². The molecule has 31 heavy (non-hydrogen) atoms. The van der Waals surface area contributed by atoms with Gasteiger partial charge in [0.25, 0.3) is 0 Å². The zero-order valence-electron chi connectivity index (χ0n) is 21.3. The lowest BCUT2D eigenvalue weighted by Gasteiger charge is -2.24. The molecule has 0 bridgehead atoms. The van der Waals surface area contributed by atoms with E-state index in [1.54, 1.807) is 4.90 Å². The molecular weight excluding hydrogens is 388 g/mol. The van der Waals surface area contributed by atoms with Gasteiger partial charge in [0.15, 0.2) is 0 Å². The summed E-state index contributed by atoms with van der Waals surface area (Å²) in [6.07, 6.45) is 7.98. The third-order valence-corrected chi connectivity index (χ3v) is 5.34. The minimum atomic E-state index is -0.262. The summed E-state index contributed by atoms with van der Waals surface area (Å²) in [4.78, 5) is 27.4. The molecule has 2 amide bonds. The number of hydrogen-bond donors (Lipinski definition) is 1. The normalized spacial score (nSPS) is 12.1. The zero-order valence-corrected chi connectivity index (χ0v) is 21.3. The number of unbranched alkanes of at least 4 members (excludes halogenated alkanes) is 5. The topological polar surface area (TPSA) is 67.2 Å². The molecule has 0 unspecified atom stereocenters. The molecule has 0 aromatic carbocycles. The molecule has 6 nitrogen and oxygen atoms in total. The van der Waals surface area contributed by atoms with E-state index in [0.29, 0.717) is 18.8 Å². The van der Waals surface area contributed by atoms with Crippen LogP contribution in [0.3, 0.4) is 0 Å². The number of carbonyl (C=O) groups excluding carboxylic acids is 2. The van der Waals surface area contributed by atoms with Crippen LogP contribution in [0, 0.1) is 0 Å². The molecule has 0 aliphatic heterocycles. The summed E-state index contributed by atoms with van der Waals surface area (Å²) in [5, 5.41) is 7.78. The quantitative estimate of drug-likeness (QED) is 0.419. The van der Waals surface area contributed by atoms with Gasteiger partial charge in [-0.15, -0.1) is 0 Å². The lowest BCUT2D eigenvalue weighted by molar-refractivity contribution is -0.134. The van der Waals surface area contributed by atoms with Gasteiger partial charge >= 0.3 is 0 Å². The van der Waals surface area contributed by atoms with Crippen molar-refractivity contribution in [3.8, 4) is 0 Å². The molecule has 1 aromatic heterocycles. The summed E-state index contributed by atoms with van der Waals surface area (Å²) < 4.78 is 1.87. The first-order valence-corrected chi connectivity index (χ1v) is 12.1. The Kier molecular flexibility index (Phi) is 10.7. The first-order chi connectivity index (χ1) is 14.4. The van der Waals surface area contributed by atoms with Crippen molar-refractivity contribution in [3.05, 3.63) is 11.8 Å². The molecule has 0 saturated heterocycles. The summed E-state index contributed by atoms with van der Waals surface area (Å²) in [6, 6.07) is 1.95. The highest BCUT2D eigenvalue weighted by Gasteiger charge is 2.26. The van der Waals surface area contributed by atoms with Gasteiger partial charge in [0.1, 0.15) is 5.82 Å². The van der Waals surface area contributed by atoms with Crippen molar-refractivity contribution in [1.82, 2.24) is 14.7 Å². The molecular formula is C25H46N4O2. The van der Waals surface area contributed by atoms with Crippen LogP contribution in [0.5, 0.6) is 0 Å². The van der Waals surface area contributed by atoms with E-state index in [9.17, 15) is 9.59 Å². The van der Waals surface area contributed by atoms with Gasteiger partial charge in [0.2, 0.25) is 11.8 Å². The Morgan fingerprint density at radius 2 is 1.58 bits per heavy atom. The number of nitrogens with zero attached hydrogens (tertiary/aromatic N) is 3. The molecule has 0 aliphatic rings. The van der Waals surface area contributed by atoms with Crippen LogP contribution in [0.2, 0.25) is 0 Å². The van der Waals surface area contributed by atoms with E-state index in [1.807, 2.05) is 10.7 Å². The molecule has 0 atom stereocenters. The van der Waals surface area contributed by atoms with Crippen molar-refractivity contribution in [1.29, 1.82) is 0 Å². The first-order valence-electron chi connectivity index (χ1n) is 12.1. The van der Waals surface area contributed by atoms with Crippen LogP contribution in [0.15, 0.2) is 6.07 Å². The van der Waals surface area contributed by atoms with Gasteiger partial charge < -0.3 is 10.2 Å². The fraction of sp³-hybridized carbons (Fsp3) is 0.800. The van der Waals surface area contributed by atoms with Crippen LogP contribution < -0.4 is 5.32 Å². The first kappa shape index (κ1) is 27.2. The van der Waals surface area contributed by atoms with Crippen molar-refractivity contribution in [2.24, 2.45) is 0 Å². The summed E-state index contributed by atoms with van der Waals surface area (Å²) in [6.45, 7) is 17.5. The van der Waals surface area contributed by atoms with Crippen LogP contribution in [0.4, 0.5) is 5.82 Å². The highest BCUT2D eigenvalue weighted by atomic mass is 16.2. The van der Waals surface area contributed by atoms with Gasteiger partial charge in [0, 0.05) is 24.4 Å². The molecule has 1 N–H and O–H groups in total. The van der Waals surface area contributed by atoms with Crippen molar-refractivity contribution in [3.63, 3.8) is 0 Å². The average molecular weight is 435 g/mol. The summed E-state index contributed by atoms with van der Waals surface area (Å²) >= 11 is 0. The van der Waals surface area contributed by atoms with E-state index in [-0.39, 0.29) is 29.3 Å². The molecule has 0 fully saturated rings. The van der Waals surface area contributed by atoms with Crippen molar-refractivity contribution >= 4 is 17.6 Å². The van der Waals surface area contributed by atoms with Gasteiger partial charge in [-0.1, -0.05) is 66.7 Å². The van der Waals surface area contributed by atoms with Crippen LogP contribution >= 0.6 is 0 Å². The van der Waals surface area contributed by atoms with E-state index in [1.165, 1.54) is 19.3 Å². The Bertz CT molecular complexity index is 695. The molecule has 1 rings (SSSR count). The molecule has 1 aromatic rings. The minimum absolute atomic E-state index is 0.0832. The third-order valence-electron chi connectivity index (χ3n) is 5.34. The molecule has 0 saturated carbocycles. The lowest BCUT2D eigenvalue weighted by atomic mass is 9.92. The van der Waals surface area contributed by atoms with Gasteiger partial charge in [-0.3, -0.25) is 9.59 Å². The number of carbonyl (C=O) groups is 2. The third kappa shape index (κ3) is 9.44. The Labute approximate surface area is 190 Å². The second-order valence-corrected chi connectivity index (χ2v) is 10.6. The predicted molar refractivity (Wildman–Crippen MR) is 129 cm³/mol. The van der Waals surface area contributed by atoms with Crippen LogP contribution in [0.25, 0.3) is 0 Å². The smallest absolute Gasteiger partial charge is 0.245 e. The Morgan fingerprint density at radius 1 is 0.968 bits per heavy atom. The van der Waals surface area contributed by atoms with Gasteiger partial charge in [-0.2, -0.15) is 5.10 Å². The van der Waals surface area contributed by atoms with Gasteiger partial charge in [0.05, 0.1) is 17.8 Å². The van der Waals surface area contributed by atoms with Crippen molar-refractivity contribution < 1.29 is 9.59 Å². The van der Waals surface area contributed by atoms with Crippen molar-refractivity contribution in [2.75, 3.05) is 18.4 Å². The number of aromatic nitrogens is 2. The Morgan fingerprint density at radius 3 is 2.13 bits per heavy atom. The zero-order chi connectivity index (χ0) is 23.7. The molecule has 178 valence electrons. The molecule has 0 spiro atoms. The Hall–Kier alpha value is -1.85. The summed E-state index contributed by atoms with van der Waals surface area (Å²) in [7, 11) is 0. The van der Waals surface area contributed by atoms with E-state index in [4.69, 9.17) is 5.10 Å². The lowest BCUT2D eigenvalue weighted by Crippen LogP contribution is -2.39. The van der Waals surface area contributed by atoms with Gasteiger partial charge in [-0.05, 0) is 33.6 Å². The number of rotatable bonds is 12. The van der Waals surface area contributed by atoms with E-state index >= 15 is 0 Å². The van der Waals surface area contributed by atoms with Gasteiger partial charge in [-0.25, -0.2) is 4.68 Å². The maximum absolute atomic E-state index is 12.9. The average Bonchev–Trinajstić information content (AvgIpc) is 3.09. The monoisotopic (exact) mass is 434 g/mol. The minimum Gasteiger partial charge on any atom is -0.333 e. The molecule has 1 heterocycles. The SMILES string of the molecule is CCCCCCCC(=O)N(CCCC)CC(=O)Nc1cc(C(C)(C)C)nn1C(C)(C)C. The molecule has 0 radical (unpaired) electrons. The summed E-state index contributed by atoms with van der Waals surface area (Å²) in [5.41, 5.74) is 0.558. The van der Waals surface area contributed by atoms with Crippen LogP contribution in [0.1, 0.15) is 112 Å². The van der Waals surface area contributed by atoms with Crippen LogP contribution in [-0.4, -0.2) is 39.6 Å². The second-order valence-electron chi connectivity index (χ2n) is 10.6.